The summed E-state index contributed by atoms with van der Waals surface area (Å²) in [4.78, 5) is 27.5. The molecular weight excluding hydrogens is 352 g/mol. The second kappa shape index (κ2) is 7.22. The van der Waals surface area contributed by atoms with Crippen molar-refractivity contribution >= 4 is 28.3 Å². The molecule has 0 aliphatic carbocycles. The number of thiazole rings is 1. The lowest BCUT2D eigenvalue weighted by Crippen LogP contribution is -2.32. The van der Waals surface area contributed by atoms with Gasteiger partial charge in [-0.2, -0.15) is 0 Å². The first-order chi connectivity index (χ1) is 12.0. The maximum atomic E-state index is 13.7. The lowest BCUT2D eigenvalue weighted by Gasteiger charge is -2.03. The number of nitrogens with one attached hydrogen (secondary N) is 2. The van der Waals surface area contributed by atoms with Gasteiger partial charge >= 0.3 is 0 Å². The molecule has 0 unspecified atom stereocenters. The Morgan fingerprint density at radius 3 is 2.84 bits per heavy atom. The minimum absolute atomic E-state index is 0.00266. The van der Waals surface area contributed by atoms with Crippen LogP contribution in [0.4, 0.5) is 13.9 Å². The van der Waals surface area contributed by atoms with E-state index in [-0.39, 0.29) is 28.7 Å². The molecule has 3 rings (SSSR count). The zero-order chi connectivity index (χ0) is 17.8. The van der Waals surface area contributed by atoms with Crippen molar-refractivity contribution in [3.8, 4) is 11.3 Å². The van der Waals surface area contributed by atoms with E-state index in [0.29, 0.717) is 0 Å². The highest BCUT2D eigenvalue weighted by Gasteiger charge is 2.14. The van der Waals surface area contributed by atoms with Gasteiger partial charge in [-0.3, -0.25) is 9.59 Å². The molecule has 9 heteroatoms. The van der Waals surface area contributed by atoms with Crippen LogP contribution in [0.5, 0.6) is 0 Å². The van der Waals surface area contributed by atoms with Crippen molar-refractivity contribution in [1.82, 2.24) is 10.3 Å². The molecule has 0 saturated heterocycles. The molecule has 0 aliphatic rings. The van der Waals surface area contributed by atoms with E-state index in [9.17, 15) is 18.4 Å². The molecule has 3 aromatic rings. The highest BCUT2D eigenvalue weighted by Crippen LogP contribution is 2.27. The first kappa shape index (κ1) is 16.8. The Morgan fingerprint density at radius 1 is 1.24 bits per heavy atom. The lowest BCUT2D eigenvalue weighted by atomic mass is 10.1. The summed E-state index contributed by atoms with van der Waals surface area (Å²) < 4.78 is 31.9. The van der Waals surface area contributed by atoms with Crippen LogP contribution in [0.15, 0.2) is 46.4 Å². The SMILES string of the molecule is O=C(CNC(=O)c1ccco1)Nc1nc(-c2cc(F)ccc2F)cs1. The number of halogens is 2. The number of carbonyl (C=O) groups excluding carboxylic acids is 2. The van der Waals surface area contributed by atoms with Gasteiger partial charge in [0, 0.05) is 10.9 Å². The predicted molar refractivity (Wildman–Crippen MR) is 87.1 cm³/mol. The minimum Gasteiger partial charge on any atom is -0.459 e. The zero-order valence-electron chi connectivity index (χ0n) is 12.6. The van der Waals surface area contributed by atoms with Crippen LogP contribution in [0.1, 0.15) is 10.6 Å². The van der Waals surface area contributed by atoms with Gasteiger partial charge in [0.15, 0.2) is 10.9 Å². The number of amides is 2. The second-order valence-corrected chi connectivity index (χ2v) is 5.73. The van der Waals surface area contributed by atoms with Crippen molar-refractivity contribution in [2.45, 2.75) is 0 Å². The van der Waals surface area contributed by atoms with E-state index in [1.54, 1.807) is 6.07 Å². The molecule has 0 atom stereocenters. The van der Waals surface area contributed by atoms with Crippen LogP contribution in [0.2, 0.25) is 0 Å². The fourth-order valence-corrected chi connectivity index (χ4v) is 2.69. The summed E-state index contributed by atoms with van der Waals surface area (Å²) in [6, 6.07) is 6.06. The Kier molecular flexibility index (Phi) is 4.85. The molecule has 0 aliphatic heterocycles. The van der Waals surface area contributed by atoms with E-state index < -0.39 is 23.4 Å². The quantitative estimate of drug-likeness (QED) is 0.730. The van der Waals surface area contributed by atoms with Crippen molar-refractivity contribution in [2.24, 2.45) is 0 Å². The number of hydrogen-bond donors (Lipinski definition) is 2. The molecule has 0 radical (unpaired) electrons. The van der Waals surface area contributed by atoms with Gasteiger partial charge in [-0.05, 0) is 30.3 Å². The number of furan rings is 1. The Morgan fingerprint density at radius 2 is 2.08 bits per heavy atom. The molecule has 128 valence electrons. The summed E-state index contributed by atoms with van der Waals surface area (Å²) in [7, 11) is 0. The molecule has 0 spiro atoms. The van der Waals surface area contributed by atoms with Gasteiger partial charge in [0.2, 0.25) is 5.91 Å². The van der Waals surface area contributed by atoms with E-state index in [1.807, 2.05) is 0 Å². The molecule has 1 aromatic carbocycles. The third kappa shape index (κ3) is 4.07. The third-order valence-electron chi connectivity index (χ3n) is 3.11. The molecule has 2 heterocycles. The van der Waals surface area contributed by atoms with Crippen molar-refractivity contribution in [3.63, 3.8) is 0 Å². The second-order valence-electron chi connectivity index (χ2n) is 4.87. The van der Waals surface area contributed by atoms with E-state index >= 15 is 0 Å². The van der Waals surface area contributed by atoms with Crippen LogP contribution < -0.4 is 10.6 Å². The minimum atomic E-state index is -0.615. The molecule has 2 N–H and O–H groups in total. The number of rotatable bonds is 5. The smallest absolute Gasteiger partial charge is 0.287 e. The molecule has 0 bridgehead atoms. The number of nitrogens with zero attached hydrogens (tertiary/aromatic N) is 1. The van der Waals surface area contributed by atoms with E-state index in [2.05, 4.69) is 15.6 Å². The molecule has 25 heavy (non-hydrogen) atoms. The average Bonchev–Trinajstić information content (AvgIpc) is 3.26. The molecule has 2 amide bonds. The Labute approximate surface area is 144 Å². The molecule has 2 aromatic heterocycles. The van der Waals surface area contributed by atoms with Crippen molar-refractivity contribution < 1.29 is 22.8 Å². The Bertz CT molecular complexity index is 909. The van der Waals surface area contributed by atoms with Gasteiger partial charge in [-0.1, -0.05) is 0 Å². The molecular formula is C16H11F2N3O3S. The van der Waals surface area contributed by atoms with E-state index in [0.717, 1.165) is 29.5 Å². The number of hydrogen-bond acceptors (Lipinski definition) is 5. The third-order valence-corrected chi connectivity index (χ3v) is 3.87. The summed E-state index contributed by atoms with van der Waals surface area (Å²) in [6.45, 7) is -0.289. The normalized spacial score (nSPS) is 10.5. The fraction of sp³-hybridized carbons (Fsp3) is 0.0625. The van der Waals surface area contributed by atoms with Crippen LogP contribution in [-0.4, -0.2) is 23.3 Å². The fourth-order valence-electron chi connectivity index (χ4n) is 1.97. The Hall–Kier alpha value is -3.07. The Balaban J connectivity index is 1.60. The summed E-state index contributed by atoms with van der Waals surface area (Å²) in [5, 5.41) is 6.56. The van der Waals surface area contributed by atoms with Gasteiger partial charge in [0.1, 0.15) is 11.6 Å². The average molecular weight is 363 g/mol. The predicted octanol–water partition coefficient (Wildman–Crippen LogP) is 3.05. The molecule has 6 nitrogen and oxygen atoms in total. The van der Waals surface area contributed by atoms with Crippen LogP contribution >= 0.6 is 11.3 Å². The summed E-state index contributed by atoms with van der Waals surface area (Å²) >= 11 is 1.06. The maximum absolute atomic E-state index is 13.7. The number of aromatic nitrogens is 1. The van der Waals surface area contributed by atoms with Crippen molar-refractivity contribution in [3.05, 3.63) is 59.4 Å². The first-order valence-corrected chi connectivity index (χ1v) is 7.93. The zero-order valence-corrected chi connectivity index (χ0v) is 13.4. The largest absolute Gasteiger partial charge is 0.459 e. The van der Waals surface area contributed by atoms with Crippen LogP contribution in [0, 0.1) is 11.6 Å². The maximum Gasteiger partial charge on any atom is 0.287 e. The summed E-state index contributed by atoms with van der Waals surface area (Å²) in [5.41, 5.74) is 0.208. The highest BCUT2D eigenvalue weighted by molar-refractivity contribution is 7.14. The van der Waals surface area contributed by atoms with Gasteiger partial charge in [-0.15, -0.1) is 11.3 Å². The van der Waals surface area contributed by atoms with E-state index in [1.165, 1.54) is 17.7 Å². The van der Waals surface area contributed by atoms with Crippen molar-refractivity contribution in [2.75, 3.05) is 11.9 Å². The van der Waals surface area contributed by atoms with Crippen LogP contribution in [-0.2, 0) is 4.79 Å². The van der Waals surface area contributed by atoms with Gasteiger partial charge in [-0.25, -0.2) is 13.8 Å². The summed E-state index contributed by atoms with van der Waals surface area (Å²) in [5.74, 6) is -2.15. The molecule has 0 saturated carbocycles. The number of benzene rings is 1. The lowest BCUT2D eigenvalue weighted by molar-refractivity contribution is -0.115. The molecule has 0 fully saturated rings. The highest BCUT2D eigenvalue weighted by atomic mass is 32.1. The topological polar surface area (TPSA) is 84.2 Å². The number of carbonyl (C=O) groups is 2. The van der Waals surface area contributed by atoms with Gasteiger partial charge < -0.3 is 15.1 Å². The van der Waals surface area contributed by atoms with Crippen molar-refractivity contribution in [1.29, 1.82) is 0 Å². The van der Waals surface area contributed by atoms with Crippen LogP contribution in [0.3, 0.4) is 0 Å². The first-order valence-electron chi connectivity index (χ1n) is 7.05. The monoisotopic (exact) mass is 363 g/mol. The standard InChI is InChI=1S/C16H11F2N3O3S/c17-9-3-4-11(18)10(6-9)12-8-25-16(20-12)21-14(22)7-19-15(23)13-2-1-5-24-13/h1-6,8H,7H2,(H,19,23)(H,20,21,22). The van der Waals surface area contributed by atoms with Crippen LogP contribution in [0.25, 0.3) is 11.3 Å². The number of anilines is 1. The van der Waals surface area contributed by atoms with Gasteiger partial charge in [0.05, 0.1) is 18.5 Å². The van der Waals surface area contributed by atoms with Gasteiger partial charge in [0.25, 0.3) is 5.91 Å². The summed E-state index contributed by atoms with van der Waals surface area (Å²) in [6.07, 6.45) is 1.34. The van der Waals surface area contributed by atoms with E-state index in [4.69, 9.17) is 4.42 Å².